The molecule has 2 atom stereocenters. The molecular formula is C30H25ClN2O3S. The Balaban J connectivity index is 1.44. The molecule has 2 aliphatic rings. The molecule has 3 aromatic carbocycles. The number of carbonyl (C=O) groups excluding carboxylic acids is 2. The molecule has 0 bridgehead atoms. The zero-order valence-corrected chi connectivity index (χ0v) is 21.5. The molecule has 0 aromatic heterocycles. The average Bonchev–Trinajstić information content (AvgIpc) is 2.95. The van der Waals surface area contributed by atoms with Crippen LogP contribution in [0.5, 0.6) is 0 Å². The van der Waals surface area contributed by atoms with E-state index in [1.54, 1.807) is 30.1 Å². The number of alkyl halides is 1. The van der Waals surface area contributed by atoms with Gasteiger partial charge in [0.05, 0.1) is 0 Å². The summed E-state index contributed by atoms with van der Waals surface area (Å²) in [6, 6.07) is 28.3. The minimum atomic E-state index is -0.614. The van der Waals surface area contributed by atoms with Crippen molar-refractivity contribution >= 4 is 41.5 Å². The summed E-state index contributed by atoms with van der Waals surface area (Å²) < 4.78 is 6.13. The molecule has 1 amide bonds. The van der Waals surface area contributed by atoms with Crippen molar-refractivity contribution in [2.75, 3.05) is 11.6 Å². The zero-order chi connectivity index (χ0) is 25.6. The number of hydrogen-bond acceptors (Lipinski definition) is 5. The van der Waals surface area contributed by atoms with Crippen molar-refractivity contribution in [1.82, 2.24) is 4.90 Å². The van der Waals surface area contributed by atoms with Crippen LogP contribution in [-0.2, 0) is 14.3 Å². The third-order valence-corrected chi connectivity index (χ3v) is 7.65. The molecule has 3 aromatic rings. The number of thioether (sulfide) groups is 1. The summed E-state index contributed by atoms with van der Waals surface area (Å²) in [5.41, 5.74) is 3.60. The van der Waals surface area contributed by atoms with Crippen molar-refractivity contribution in [2.24, 2.45) is 4.99 Å². The second kappa shape index (κ2) is 11.6. The van der Waals surface area contributed by atoms with E-state index in [1.807, 2.05) is 91.0 Å². The van der Waals surface area contributed by atoms with Crippen LogP contribution in [0.3, 0.4) is 0 Å². The van der Waals surface area contributed by atoms with E-state index >= 15 is 0 Å². The lowest BCUT2D eigenvalue weighted by atomic mass is 10.0. The van der Waals surface area contributed by atoms with Crippen LogP contribution >= 0.6 is 23.4 Å². The van der Waals surface area contributed by atoms with E-state index < -0.39 is 18.1 Å². The number of nitrogens with zero attached hydrogens (tertiary/aromatic N) is 2. The fraction of sp³-hybridized carbons (Fsp3) is 0.167. The SMILES string of the molecule is O=C(OC(c1ccccc1)c1ccccc1)C1=C(C=CCCl)CS[C@H]2C(N=Cc3ccccc3)C(=O)N12. The number of rotatable bonds is 8. The summed E-state index contributed by atoms with van der Waals surface area (Å²) in [4.78, 5) is 33.1. The van der Waals surface area contributed by atoms with Gasteiger partial charge in [-0.25, -0.2) is 4.79 Å². The number of carbonyl (C=O) groups is 2. The summed E-state index contributed by atoms with van der Waals surface area (Å²) in [7, 11) is 0. The standard InChI is InChI=1S/C30H25ClN2O3S/c31-18-10-17-24-20-37-29-25(32-19-21-11-4-1-5-12-21)28(34)33(29)26(24)30(35)36-27(22-13-6-2-7-14-22)23-15-8-3-9-16-23/h1-17,19,25,27,29H,18,20H2/t25?,29-/m0/s1. The van der Waals surface area contributed by atoms with Crippen LogP contribution in [0.1, 0.15) is 22.8 Å². The minimum Gasteiger partial charge on any atom is -0.448 e. The number of benzene rings is 3. The van der Waals surface area contributed by atoms with Gasteiger partial charge in [0, 0.05) is 17.8 Å². The van der Waals surface area contributed by atoms with Crippen molar-refractivity contribution in [3.63, 3.8) is 0 Å². The van der Waals surface area contributed by atoms with E-state index in [0.29, 0.717) is 17.2 Å². The number of halogens is 1. The highest BCUT2D eigenvalue weighted by Gasteiger charge is 2.53. The largest absolute Gasteiger partial charge is 0.448 e. The van der Waals surface area contributed by atoms with E-state index in [2.05, 4.69) is 4.99 Å². The third kappa shape index (κ3) is 5.41. The van der Waals surface area contributed by atoms with Gasteiger partial charge in [-0.05, 0) is 22.3 Å². The molecule has 2 heterocycles. The van der Waals surface area contributed by atoms with Gasteiger partial charge < -0.3 is 4.74 Å². The maximum absolute atomic E-state index is 13.8. The Morgan fingerprint density at radius 2 is 1.59 bits per heavy atom. The van der Waals surface area contributed by atoms with Gasteiger partial charge in [-0.15, -0.1) is 23.4 Å². The Morgan fingerprint density at radius 1 is 1.00 bits per heavy atom. The second-order valence-electron chi connectivity index (χ2n) is 8.58. The Kier molecular flexibility index (Phi) is 7.87. The van der Waals surface area contributed by atoms with E-state index in [0.717, 1.165) is 16.7 Å². The number of ether oxygens (including phenoxy) is 1. The fourth-order valence-electron chi connectivity index (χ4n) is 4.38. The molecule has 1 unspecified atom stereocenters. The molecular weight excluding hydrogens is 504 g/mol. The second-order valence-corrected chi connectivity index (χ2v) is 9.99. The first-order valence-electron chi connectivity index (χ1n) is 12.0. The molecule has 0 spiro atoms. The number of esters is 1. The minimum absolute atomic E-state index is 0.218. The van der Waals surface area contributed by atoms with Crippen LogP contribution in [0, 0.1) is 0 Å². The first-order valence-corrected chi connectivity index (χ1v) is 13.5. The Morgan fingerprint density at radius 3 is 2.19 bits per heavy atom. The van der Waals surface area contributed by atoms with Crippen molar-refractivity contribution in [3.8, 4) is 0 Å². The van der Waals surface area contributed by atoms with Gasteiger partial charge in [0.15, 0.2) is 12.1 Å². The van der Waals surface area contributed by atoms with Gasteiger partial charge in [0.2, 0.25) is 0 Å². The molecule has 5 nitrogen and oxygen atoms in total. The molecule has 1 saturated heterocycles. The number of β-lactam (4-membered cyclic amide) rings is 1. The lowest BCUT2D eigenvalue weighted by Crippen LogP contribution is -2.64. The average molecular weight is 529 g/mol. The number of hydrogen-bond donors (Lipinski definition) is 0. The molecule has 5 rings (SSSR count). The summed E-state index contributed by atoms with van der Waals surface area (Å²) in [5.74, 6) is 0.0830. The number of amides is 1. The van der Waals surface area contributed by atoms with Crippen LogP contribution in [0.2, 0.25) is 0 Å². The molecule has 37 heavy (non-hydrogen) atoms. The lowest BCUT2D eigenvalue weighted by molar-refractivity contribution is -0.152. The highest BCUT2D eigenvalue weighted by molar-refractivity contribution is 8.00. The predicted octanol–water partition coefficient (Wildman–Crippen LogP) is 5.77. The van der Waals surface area contributed by atoms with E-state index in [4.69, 9.17) is 16.3 Å². The van der Waals surface area contributed by atoms with Gasteiger partial charge in [-0.2, -0.15) is 0 Å². The van der Waals surface area contributed by atoms with Gasteiger partial charge in [0.1, 0.15) is 11.1 Å². The highest BCUT2D eigenvalue weighted by atomic mass is 35.5. The topological polar surface area (TPSA) is 59.0 Å². The van der Waals surface area contributed by atoms with Gasteiger partial charge >= 0.3 is 5.97 Å². The molecule has 0 N–H and O–H groups in total. The molecule has 7 heteroatoms. The number of aliphatic imine (C=N–C) groups is 1. The highest BCUT2D eigenvalue weighted by Crippen LogP contribution is 2.43. The van der Waals surface area contributed by atoms with Crippen LogP contribution in [-0.4, -0.2) is 46.0 Å². The Hall–Kier alpha value is -3.61. The van der Waals surface area contributed by atoms with Gasteiger partial charge in [0.25, 0.3) is 5.91 Å². The summed E-state index contributed by atoms with van der Waals surface area (Å²) >= 11 is 7.47. The van der Waals surface area contributed by atoms with Crippen molar-refractivity contribution in [2.45, 2.75) is 17.5 Å². The smallest absolute Gasteiger partial charge is 0.356 e. The molecule has 0 saturated carbocycles. The maximum atomic E-state index is 13.8. The Labute approximate surface area is 225 Å². The summed E-state index contributed by atoms with van der Waals surface area (Å²) in [5, 5.41) is -0.268. The van der Waals surface area contributed by atoms with E-state index in [1.165, 1.54) is 4.90 Å². The quantitative estimate of drug-likeness (QED) is 0.161. The monoisotopic (exact) mass is 528 g/mol. The lowest BCUT2D eigenvalue weighted by Gasteiger charge is -2.48. The van der Waals surface area contributed by atoms with Crippen LogP contribution < -0.4 is 0 Å². The van der Waals surface area contributed by atoms with Gasteiger partial charge in [-0.3, -0.25) is 14.7 Å². The molecule has 186 valence electrons. The first kappa shape index (κ1) is 25.1. The van der Waals surface area contributed by atoms with E-state index in [9.17, 15) is 9.59 Å². The van der Waals surface area contributed by atoms with Crippen LogP contribution in [0.25, 0.3) is 0 Å². The summed E-state index contributed by atoms with van der Waals surface area (Å²) in [6.07, 6.45) is 4.68. The fourth-order valence-corrected chi connectivity index (χ4v) is 5.78. The normalized spacial score (nSPS) is 19.4. The Bertz CT molecular complexity index is 1300. The van der Waals surface area contributed by atoms with Crippen LogP contribution in [0.15, 0.2) is 119 Å². The molecule has 1 fully saturated rings. The van der Waals surface area contributed by atoms with Crippen molar-refractivity contribution in [3.05, 3.63) is 131 Å². The number of allylic oxidation sites excluding steroid dienone is 2. The predicted molar refractivity (Wildman–Crippen MR) is 149 cm³/mol. The molecule has 2 aliphatic heterocycles. The maximum Gasteiger partial charge on any atom is 0.356 e. The van der Waals surface area contributed by atoms with Crippen molar-refractivity contribution in [1.29, 1.82) is 0 Å². The molecule has 0 radical (unpaired) electrons. The van der Waals surface area contributed by atoms with Crippen LogP contribution in [0.4, 0.5) is 0 Å². The first-order chi connectivity index (χ1) is 18.2. The van der Waals surface area contributed by atoms with Gasteiger partial charge in [-0.1, -0.05) is 103 Å². The zero-order valence-electron chi connectivity index (χ0n) is 19.9. The van der Waals surface area contributed by atoms with E-state index in [-0.39, 0.29) is 17.0 Å². The number of fused-ring (bicyclic) bond motifs is 1. The molecule has 0 aliphatic carbocycles. The summed E-state index contributed by atoms with van der Waals surface area (Å²) in [6.45, 7) is 0. The van der Waals surface area contributed by atoms with Crippen molar-refractivity contribution < 1.29 is 14.3 Å². The third-order valence-electron chi connectivity index (χ3n) is 6.18.